The van der Waals surface area contributed by atoms with Gasteiger partial charge in [-0.2, -0.15) is 0 Å². The van der Waals surface area contributed by atoms with Crippen molar-refractivity contribution in [2.45, 2.75) is 0 Å². The third kappa shape index (κ3) is 4.95. The third-order valence-electron chi connectivity index (χ3n) is 2.06. The predicted octanol–water partition coefficient (Wildman–Crippen LogP) is 0.738. The Bertz CT molecular complexity index is 277. The molecule has 1 aromatic rings. The van der Waals surface area contributed by atoms with Crippen LogP contribution in [-0.2, 0) is 4.74 Å². The SMILES string of the molecule is COCCNCCNc1ccc(OC)cn1. The van der Waals surface area contributed by atoms with E-state index in [0.717, 1.165) is 37.8 Å². The Morgan fingerprint density at radius 1 is 1.19 bits per heavy atom. The molecule has 0 amide bonds. The Balaban J connectivity index is 2.12. The molecule has 0 unspecified atom stereocenters. The first-order valence-corrected chi connectivity index (χ1v) is 5.30. The van der Waals surface area contributed by atoms with Crippen LogP contribution in [0.3, 0.4) is 0 Å². The minimum atomic E-state index is 0.737. The van der Waals surface area contributed by atoms with Crippen LogP contribution in [0.5, 0.6) is 5.75 Å². The Kier molecular flexibility index (Phi) is 6.29. The smallest absolute Gasteiger partial charge is 0.137 e. The van der Waals surface area contributed by atoms with Gasteiger partial charge in [0.05, 0.1) is 19.9 Å². The molecule has 0 saturated carbocycles. The van der Waals surface area contributed by atoms with Crippen molar-refractivity contribution in [3.63, 3.8) is 0 Å². The molecule has 1 heterocycles. The van der Waals surface area contributed by atoms with Gasteiger partial charge in [0.15, 0.2) is 0 Å². The van der Waals surface area contributed by atoms with Gasteiger partial charge in [0.2, 0.25) is 0 Å². The molecule has 0 bridgehead atoms. The first-order valence-electron chi connectivity index (χ1n) is 5.30. The first kappa shape index (κ1) is 12.7. The number of pyridine rings is 1. The lowest BCUT2D eigenvalue weighted by Gasteiger charge is -2.07. The van der Waals surface area contributed by atoms with Gasteiger partial charge in [0, 0.05) is 26.7 Å². The maximum atomic E-state index is 5.02. The molecule has 0 saturated heterocycles. The molecule has 1 aromatic heterocycles. The lowest BCUT2D eigenvalue weighted by atomic mass is 10.4. The quantitative estimate of drug-likeness (QED) is 0.639. The topological polar surface area (TPSA) is 55.4 Å². The Hall–Kier alpha value is -1.33. The number of hydrogen-bond donors (Lipinski definition) is 2. The van der Waals surface area contributed by atoms with Crippen LogP contribution in [0.25, 0.3) is 0 Å². The van der Waals surface area contributed by atoms with Crippen molar-refractivity contribution in [3.8, 4) is 5.75 Å². The Labute approximate surface area is 96.2 Å². The molecule has 0 spiro atoms. The van der Waals surface area contributed by atoms with Crippen LogP contribution in [0.2, 0.25) is 0 Å². The van der Waals surface area contributed by atoms with E-state index in [0.29, 0.717) is 0 Å². The van der Waals surface area contributed by atoms with Gasteiger partial charge in [0.25, 0.3) is 0 Å². The summed E-state index contributed by atoms with van der Waals surface area (Å²) in [5.41, 5.74) is 0. The van der Waals surface area contributed by atoms with Crippen molar-refractivity contribution in [3.05, 3.63) is 18.3 Å². The number of anilines is 1. The van der Waals surface area contributed by atoms with E-state index in [9.17, 15) is 0 Å². The highest BCUT2D eigenvalue weighted by Crippen LogP contribution is 2.10. The summed E-state index contributed by atoms with van der Waals surface area (Å²) < 4.78 is 9.95. The number of aromatic nitrogens is 1. The third-order valence-corrected chi connectivity index (χ3v) is 2.06. The normalized spacial score (nSPS) is 10.1. The number of hydrogen-bond acceptors (Lipinski definition) is 5. The van der Waals surface area contributed by atoms with E-state index in [1.54, 1.807) is 20.4 Å². The molecule has 16 heavy (non-hydrogen) atoms. The minimum absolute atomic E-state index is 0.737. The number of methoxy groups -OCH3 is 2. The van der Waals surface area contributed by atoms with Gasteiger partial charge in [-0.1, -0.05) is 0 Å². The number of ether oxygens (including phenoxy) is 2. The first-order chi connectivity index (χ1) is 7.86. The highest BCUT2D eigenvalue weighted by Gasteiger charge is 1.94. The van der Waals surface area contributed by atoms with E-state index >= 15 is 0 Å². The molecule has 0 aromatic carbocycles. The second kappa shape index (κ2) is 7.90. The zero-order valence-corrected chi connectivity index (χ0v) is 9.82. The highest BCUT2D eigenvalue weighted by molar-refractivity contribution is 5.37. The predicted molar refractivity (Wildman–Crippen MR) is 64.0 cm³/mol. The summed E-state index contributed by atoms with van der Waals surface area (Å²) in [6, 6.07) is 3.78. The van der Waals surface area contributed by atoms with E-state index in [4.69, 9.17) is 9.47 Å². The molecule has 1 rings (SSSR count). The lowest BCUT2D eigenvalue weighted by molar-refractivity contribution is 0.200. The van der Waals surface area contributed by atoms with Crippen molar-refractivity contribution in [2.24, 2.45) is 0 Å². The Morgan fingerprint density at radius 3 is 2.69 bits per heavy atom. The average molecular weight is 225 g/mol. The maximum Gasteiger partial charge on any atom is 0.137 e. The summed E-state index contributed by atoms with van der Waals surface area (Å²) in [5, 5.41) is 6.44. The van der Waals surface area contributed by atoms with Gasteiger partial charge >= 0.3 is 0 Å². The fourth-order valence-corrected chi connectivity index (χ4v) is 1.18. The standard InChI is InChI=1S/C11H19N3O2/c1-15-8-7-12-5-6-13-11-4-3-10(16-2)9-14-11/h3-4,9,12H,5-8H2,1-2H3,(H,13,14). The van der Waals surface area contributed by atoms with E-state index in [1.807, 2.05) is 12.1 Å². The molecular formula is C11H19N3O2. The molecular weight excluding hydrogens is 206 g/mol. The van der Waals surface area contributed by atoms with Gasteiger partial charge < -0.3 is 20.1 Å². The van der Waals surface area contributed by atoms with Crippen LogP contribution < -0.4 is 15.4 Å². The van der Waals surface area contributed by atoms with Gasteiger partial charge in [-0.15, -0.1) is 0 Å². The molecule has 0 fully saturated rings. The fourth-order valence-electron chi connectivity index (χ4n) is 1.18. The summed E-state index contributed by atoms with van der Waals surface area (Å²) in [6.45, 7) is 3.33. The number of nitrogens with one attached hydrogen (secondary N) is 2. The number of nitrogens with zero attached hydrogens (tertiary/aromatic N) is 1. The summed E-state index contributed by atoms with van der Waals surface area (Å²) >= 11 is 0. The highest BCUT2D eigenvalue weighted by atomic mass is 16.5. The summed E-state index contributed by atoms with van der Waals surface area (Å²) in [6.07, 6.45) is 1.70. The van der Waals surface area contributed by atoms with Crippen molar-refractivity contribution in [1.29, 1.82) is 0 Å². The fraction of sp³-hybridized carbons (Fsp3) is 0.545. The zero-order valence-electron chi connectivity index (χ0n) is 9.82. The molecule has 2 N–H and O–H groups in total. The second-order valence-corrected chi connectivity index (χ2v) is 3.25. The largest absolute Gasteiger partial charge is 0.495 e. The van der Waals surface area contributed by atoms with E-state index < -0.39 is 0 Å². The minimum Gasteiger partial charge on any atom is -0.495 e. The average Bonchev–Trinajstić information content (AvgIpc) is 2.34. The summed E-state index contributed by atoms with van der Waals surface area (Å²) in [4.78, 5) is 4.19. The lowest BCUT2D eigenvalue weighted by Crippen LogP contribution is -2.25. The second-order valence-electron chi connectivity index (χ2n) is 3.25. The zero-order chi connectivity index (χ0) is 11.6. The summed E-state index contributed by atoms with van der Waals surface area (Å²) in [5.74, 6) is 1.62. The van der Waals surface area contributed by atoms with Gasteiger partial charge in [0.1, 0.15) is 11.6 Å². The molecule has 0 aliphatic carbocycles. The van der Waals surface area contributed by atoms with Crippen molar-refractivity contribution >= 4 is 5.82 Å². The molecule has 5 nitrogen and oxygen atoms in total. The van der Waals surface area contributed by atoms with Crippen LogP contribution in [0.15, 0.2) is 18.3 Å². The molecule has 0 radical (unpaired) electrons. The van der Waals surface area contributed by atoms with Gasteiger partial charge in [-0.25, -0.2) is 4.98 Å². The van der Waals surface area contributed by atoms with Gasteiger partial charge in [-0.05, 0) is 12.1 Å². The molecule has 0 aliphatic rings. The molecule has 0 atom stereocenters. The van der Waals surface area contributed by atoms with Crippen molar-refractivity contribution in [2.75, 3.05) is 45.8 Å². The maximum absolute atomic E-state index is 5.02. The van der Waals surface area contributed by atoms with Crippen LogP contribution in [-0.4, -0.2) is 45.4 Å². The molecule has 90 valence electrons. The van der Waals surface area contributed by atoms with Crippen LogP contribution in [0.4, 0.5) is 5.82 Å². The molecule has 0 aliphatic heterocycles. The van der Waals surface area contributed by atoms with E-state index in [2.05, 4.69) is 15.6 Å². The van der Waals surface area contributed by atoms with E-state index in [1.165, 1.54) is 0 Å². The Morgan fingerprint density at radius 2 is 2.06 bits per heavy atom. The summed E-state index contributed by atoms with van der Waals surface area (Å²) in [7, 11) is 3.32. The monoisotopic (exact) mass is 225 g/mol. The van der Waals surface area contributed by atoms with Crippen molar-refractivity contribution in [1.82, 2.24) is 10.3 Å². The van der Waals surface area contributed by atoms with Gasteiger partial charge in [-0.3, -0.25) is 0 Å². The van der Waals surface area contributed by atoms with Crippen LogP contribution >= 0.6 is 0 Å². The molecule has 5 heteroatoms. The number of rotatable bonds is 8. The van der Waals surface area contributed by atoms with E-state index in [-0.39, 0.29) is 0 Å². The van der Waals surface area contributed by atoms with Crippen molar-refractivity contribution < 1.29 is 9.47 Å². The van der Waals surface area contributed by atoms with Crippen LogP contribution in [0, 0.1) is 0 Å². The van der Waals surface area contributed by atoms with Crippen LogP contribution in [0.1, 0.15) is 0 Å².